The summed E-state index contributed by atoms with van der Waals surface area (Å²) in [5.41, 5.74) is -0.255. The number of rotatable bonds is 9. The number of hydrogen-bond acceptors (Lipinski definition) is 9. The zero-order chi connectivity index (χ0) is 24.1. The molecule has 12 nitrogen and oxygen atoms in total. The normalized spacial score (nSPS) is 17.4. The molecule has 12 heteroatoms. The fraction of sp³-hybridized carbons (Fsp3) is 0.238. The minimum Gasteiger partial charge on any atom is -0.507 e. The van der Waals surface area contributed by atoms with Crippen molar-refractivity contribution in [1.82, 2.24) is 4.90 Å². The van der Waals surface area contributed by atoms with E-state index in [1.165, 1.54) is 36.4 Å². The highest BCUT2D eigenvalue weighted by Crippen LogP contribution is 2.39. The van der Waals surface area contributed by atoms with Gasteiger partial charge in [-0.3, -0.25) is 29.8 Å². The summed E-state index contributed by atoms with van der Waals surface area (Å²) < 4.78 is 5.19. The number of aliphatic hydroxyl groups excluding tert-OH is 2. The standard InChI is InChI=1S/C21H19N3O9/c25-10-12-33-11-9-22-18(13-1-5-15(6-2-13)23(29)30)17(20(27)21(22)28)19(26)14-3-7-16(8-4-14)24(31)32/h1-8,18,25-26H,9-12H2/b19-17+. The fourth-order valence-electron chi connectivity index (χ4n) is 3.46. The maximum Gasteiger partial charge on any atom is 0.295 e. The van der Waals surface area contributed by atoms with Crippen molar-refractivity contribution >= 4 is 28.8 Å². The molecular formula is C21H19N3O9. The SMILES string of the molecule is O=C1C(=O)N(CCOCCO)C(c2ccc([N+](=O)[O-])cc2)/C1=C(\O)c1ccc([N+](=O)[O-])cc1. The van der Waals surface area contributed by atoms with Gasteiger partial charge in [0.1, 0.15) is 5.76 Å². The third kappa shape index (κ3) is 4.86. The van der Waals surface area contributed by atoms with Crippen molar-refractivity contribution in [3.8, 4) is 0 Å². The first-order valence-corrected chi connectivity index (χ1v) is 9.72. The van der Waals surface area contributed by atoms with Crippen molar-refractivity contribution in [2.45, 2.75) is 6.04 Å². The van der Waals surface area contributed by atoms with Gasteiger partial charge in [0.15, 0.2) is 0 Å². The van der Waals surface area contributed by atoms with Crippen LogP contribution in [0.15, 0.2) is 54.1 Å². The lowest BCUT2D eigenvalue weighted by molar-refractivity contribution is -0.385. The van der Waals surface area contributed by atoms with Gasteiger partial charge in [0.2, 0.25) is 0 Å². The zero-order valence-corrected chi connectivity index (χ0v) is 17.1. The largest absolute Gasteiger partial charge is 0.507 e. The van der Waals surface area contributed by atoms with Gasteiger partial charge in [-0.1, -0.05) is 0 Å². The molecule has 3 rings (SSSR count). The van der Waals surface area contributed by atoms with E-state index in [4.69, 9.17) is 9.84 Å². The lowest BCUT2D eigenvalue weighted by Crippen LogP contribution is -2.33. The number of ketones is 1. The smallest absolute Gasteiger partial charge is 0.295 e. The Morgan fingerprint density at radius 1 is 0.939 bits per heavy atom. The van der Waals surface area contributed by atoms with Crippen LogP contribution in [-0.2, 0) is 14.3 Å². The van der Waals surface area contributed by atoms with Crippen LogP contribution in [-0.4, -0.2) is 63.0 Å². The van der Waals surface area contributed by atoms with Gasteiger partial charge in [0.25, 0.3) is 23.1 Å². The van der Waals surface area contributed by atoms with Crippen LogP contribution in [0, 0.1) is 20.2 Å². The Bertz CT molecular complexity index is 1110. The highest BCUT2D eigenvalue weighted by atomic mass is 16.6. The monoisotopic (exact) mass is 457 g/mol. The van der Waals surface area contributed by atoms with Gasteiger partial charge < -0.3 is 19.8 Å². The number of non-ortho nitro benzene ring substituents is 2. The number of nitro groups is 2. The van der Waals surface area contributed by atoms with E-state index >= 15 is 0 Å². The summed E-state index contributed by atoms with van der Waals surface area (Å²) in [7, 11) is 0. The summed E-state index contributed by atoms with van der Waals surface area (Å²) in [5.74, 6) is -2.42. The quantitative estimate of drug-likeness (QED) is 0.142. The summed E-state index contributed by atoms with van der Waals surface area (Å²) in [4.78, 5) is 47.4. The average Bonchev–Trinajstić information content (AvgIpc) is 3.06. The van der Waals surface area contributed by atoms with Gasteiger partial charge in [-0.15, -0.1) is 0 Å². The van der Waals surface area contributed by atoms with Gasteiger partial charge in [0, 0.05) is 36.4 Å². The molecule has 1 heterocycles. The molecule has 0 spiro atoms. The highest BCUT2D eigenvalue weighted by molar-refractivity contribution is 6.46. The Morgan fingerprint density at radius 2 is 1.48 bits per heavy atom. The topological polar surface area (TPSA) is 173 Å². The van der Waals surface area contributed by atoms with Gasteiger partial charge in [-0.25, -0.2) is 0 Å². The molecule has 0 radical (unpaired) electrons. The van der Waals surface area contributed by atoms with Crippen molar-refractivity contribution in [1.29, 1.82) is 0 Å². The van der Waals surface area contributed by atoms with Gasteiger partial charge in [-0.05, 0) is 29.8 Å². The number of amides is 1. The zero-order valence-electron chi connectivity index (χ0n) is 17.1. The number of nitro benzene ring substituents is 2. The van der Waals surface area contributed by atoms with Gasteiger partial charge >= 0.3 is 0 Å². The molecule has 1 aliphatic heterocycles. The number of carbonyl (C=O) groups is 2. The molecule has 0 bridgehead atoms. The molecule has 0 aliphatic carbocycles. The van der Waals surface area contributed by atoms with Crippen LogP contribution in [0.5, 0.6) is 0 Å². The molecule has 1 saturated heterocycles. The number of benzene rings is 2. The number of Topliss-reactive ketones (excluding diaryl/α,β-unsaturated/α-hetero) is 1. The van der Waals surface area contributed by atoms with Crippen molar-refractivity contribution in [3.05, 3.63) is 85.5 Å². The van der Waals surface area contributed by atoms with E-state index in [1.54, 1.807) is 0 Å². The Hall–Kier alpha value is -4.16. The van der Waals surface area contributed by atoms with E-state index in [2.05, 4.69) is 0 Å². The molecule has 1 atom stereocenters. The van der Waals surface area contributed by atoms with Crippen molar-refractivity contribution < 1.29 is 34.4 Å². The second-order valence-electron chi connectivity index (χ2n) is 6.98. The number of likely N-dealkylation sites (tertiary alicyclic amines) is 1. The Labute approximate surface area is 186 Å². The van der Waals surface area contributed by atoms with Crippen LogP contribution < -0.4 is 0 Å². The molecule has 2 aromatic rings. The number of carbonyl (C=O) groups excluding carboxylic acids is 2. The molecule has 0 saturated carbocycles. The highest BCUT2D eigenvalue weighted by Gasteiger charge is 2.46. The van der Waals surface area contributed by atoms with Gasteiger partial charge in [0.05, 0.1) is 41.3 Å². The number of aliphatic hydroxyl groups is 2. The maximum absolute atomic E-state index is 12.8. The lowest BCUT2D eigenvalue weighted by atomic mass is 9.95. The third-order valence-electron chi connectivity index (χ3n) is 5.02. The van der Waals surface area contributed by atoms with E-state index < -0.39 is 33.3 Å². The molecule has 172 valence electrons. The molecule has 1 aliphatic rings. The van der Waals surface area contributed by atoms with Crippen LogP contribution in [0.1, 0.15) is 17.2 Å². The summed E-state index contributed by atoms with van der Waals surface area (Å²) in [6.45, 7) is -0.266. The average molecular weight is 457 g/mol. The Balaban J connectivity index is 2.07. The van der Waals surface area contributed by atoms with Crippen molar-refractivity contribution in [2.75, 3.05) is 26.4 Å². The third-order valence-corrected chi connectivity index (χ3v) is 5.02. The predicted molar refractivity (Wildman–Crippen MR) is 113 cm³/mol. The van der Waals surface area contributed by atoms with E-state index in [-0.39, 0.29) is 48.9 Å². The fourth-order valence-corrected chi connectivity index (χ4v) is 3.46. The van der Waals surface area contributed by atoms with Crippen LogP contribution in [0.3, 0.4) is 0 Å². The second-order valence-corrected chi connectivity index (χ2v) is 6.98. The first-order valence-electron chi connectivity index (χ1n) is 9.72. The lowest BCUT2D eigenvalue weighted by Gasteiger charge is -2.25. The number of hydrogen-bond donors (Lipinski definition) is 2. The number of ether oxygens (including phenoxy) is 1. The summed E-state index contributed by atoms with van der Waals surface area (Å²) >= 11 is 0. The molecule has 0 aromatic heterocycles. The summed E-state index contributed by atoms with van der Waals surface area (Å²) in [5, 5.41) is 41.6. The molecule has 1 unspecified atom stereocenters. The van der Waals surface area contributed by atoms with Crippen molar-refractivity contribution in [3.63, 3.8) is 0 Å². The first kappa shape index (κ1) is 23.5. The van der Waals surface area contributed by atoms with Crippen LogP contribution in [0.4, 0.5) is 11.4 Å². The first-order chi connectivity index (χ1) is 15.8. The molecule has 2 aromatic carbocycles. The summed E-state index contributed by atoms with van der Waals surface area (Å²) in [6.07, 6.45) is 0. The van der Waals surface area contributed by atoms with Crippen molar-refractivity contribution in [2.24, 2.45) is 0 Å². The van der Waals surface area contributed by atoms with Gasteiger partial charge in [-0.2, -0.15) is 0 Å². The Morgan fingerprint density at radius 3 is 2.00 bits per heavy atom. The molecule has 2 N–H and O–H groups in total. The van der Waals surface area contributed by atoms with E-state index in [1.807, 2.05) is 0 Å². The predicted octanol–water partition coefficient (Wildman–Crippen LogP) is 1.93. The van der Waals surface area contributed by atoms with E-state index in [0.717, 1.165) is 17.0 Å². The maximum atomic E-state index is 12.8. The molecule has 1 amide bonds. The van der Waals surface area contributed by atoms with E-state index in [9.17, 15) is 34.9 Å². The van der Waals surface area contributed by atoms with Crippen LogP contribution >= 0.6 is 0 Å². The van der Waals surface area contributed by atoms with E-state index in [0.29, 0.717) is 5.56 Å². The summed E-state index contributed by atoms with van der Waals surface area (Å²) in [6, 6.07) is 8.89. The minimum absolute atomic E-state index is 0.00532. The van der Waals surface area contributed by atoms with Crippen LogP contribution in [0.2, 0.25) is 0 Å². The number of nitrogens with zero attached hydrogens (tertiary/aromatic N) is 3. The Kier molecular flexibility index (Phi) is 7.10. The molecule has 1 fully saturated rings. The van der Waals surface area contributed by atoms with Crippen LogP contribution in [0.25, 0.3) is 5.76 Å². The molecule has 33 heavy (non-hydrogen) atoms. The molecular weight excluding hydrogens is 438 g/mol. The minimum atomic E-state index is -1.07. The second kappa shape index (κ2) is 9.97.